The Morgan fingerprint density at radius 1 is 1.06 bits per heavy atom. The third-order valence-electron chi connectivity index (χ3n) is 5.65. The van der Waals surface area contributed by atoms with E-state index < -0.39 is 11.7 Å². The lowest BCUT2D eigenvalue weighted by Crippen LogP contribution is -2.46. The molecule has 0 unspecified atom stereocenters. The molecule has 1 fully saturated rings. The van der Waals surface area contributed by atoms with E-state index >= 15 is 0 Å². The van der Waals surface area contributed by atoms with Crippen LogP contribution in [0.3, 0.4) is 0 Å². The highest BCUT2D eigenvalue weighted by atomic mass is 19.4. The van der Waals surface area contributed by atoms with Gasteiger partial charge in [-0.3, -0.25) is 9.69 Å². The van der Waals surface area contributed by atoms with Gasteiger partial charge in [0.15, 0.2) is 5.69 Å². The summed E-state index contributed by atoms with van der Waals surface area (Å²) in [5.41, 5.74) is 1.20. The molecule has 0 spiro atoms. The van der Waals surface area contributed by atoms with Crippen LogP contribution in [0.4, 0.5) is 18.9 Å². The maximum atomic E-state index is 13.0. The monoisotopic (exact) mass is 458 g/mol. The van der Waals surface area contributed by atoms with Crippen molar-refractivity contribution < 1.29 is 22.4 Å². The Morgan fingerprint density at radius 3 is 2.48 bits per heavy atom. The second kappa shape index (κ2) is 9.66. The van der Waals surface area contributed by atoms with Crippen molar-refractivity contribution in [2.45, 2.75) is 19.3 Å². The first-order chi connectivity index (χ1) is 15.8. The Labute approximate surface area is 190 Å². The highest BCUT2D eigenvalue weighted by Gasteiger charge is 2.31. The molecule has 1 amide bonds. The van der Waals surface area contributed by atoms with Gasteiger partial charge < -0.3 is 14.2 Å². The number of oxazole rings is 1. The molecule has 0 radical (unpaired) electrons. The number of nitrogens with zero attached hydrogens (tertiary/aromatic N) is 4. The Bertz CT molecular complexity index is 1080. The summed E-state index contributed by atoms with van der Waals surface area (Å²) >= 11 is 0. The summed E-state index contributed by atoms with van der Waals surface area (Å²) in [7, 11) is 1.72. The van der Waals surface area contributed by atoms with Crippen LogP contribution in [0.15, 0.2) is 65.3 Å². The number of hydrogen-bond donors (Lipinski definition) is 0. The fraction of sp³-hybridized carbons (Fsp3) is 0.333. The molecule has 174 valence electrons. The van der Waals surface area contributed by atoms with Gasteiger partial charge >= 0.3 is 6.18 Å². The van der Waals surface area contributed by atoms with E-state index in [1.165, 1.54) is 18.4 Å². The molecule has 0 saturated carbocycles. The highest BCUT2D eigenvalue weighted by Crippen LogP contribution is 2.32. The minimum absolute atomic E-state index is 0.219. The standard InChI is InChI=1S/C24H25F3N4O2/c1-29(15-18-6-3-2-4-7-18)23(32)21-17-33-22(28-21)16-30-10-12-31(13-11-30)20-9-5-8-19(14-20)24(25,26)27/h2-9,14,17H,10-13,15-16H2,1H3. The molecule has 0 aliphatic carbocycles. The largest absolute Gasteiger partial charge is 0.447 e. The number of halogens is 3. The van der Waals surface area contributed by atoms with Crippen molar-refractivity contribution in [1.82, 2.24) is 14.8 Å². The van der Waals surface area contributed by atoms with Gasteiger partial charge in [0.2, 0.25) is 5.89 Å². The van der Waals surface area contributed by atoms with Gasteiger partial charge in [0.1, 0.15) is 6.26 Å². The van der Waals surface area contributed by atoms with Crippen LogP contribution in [0.2, 0.25) is 0 Å². The minimum Gasteiger partial charge on any atom is -0.447 e. The van der Waals surface area contributed by atoms with Crippen LogP contribution in [-0.2, 0) is 19.3 Å². The number of alkyl halides is 3. The molecule has 1 aromatic heterocycles. The average Bonchev–Trinajstić information content (AvgIpc) is 3.27. The number of amides is 1. The van der Waals surface area contributed by atoms with Gasteiger partial charge in [-0.1, -0.05) is 36.4 Å². The van der Waals surface area contributed by atoms with Crippen LogP contribution in [0.1, 0.15) is 27.5 Å². The van der Waals surface area contributed by atoms with E-state index in [-0.39, 0.29) is 11.6 Å². The normalized spacial score (nSPS) is 15.0. The van der Waals surface area contributed by atoms with Crippen molar-refractivity contribution in [1.29, 1.82) is 0 Å². The van der Waals surface area contributed by atoms with Crippen molar-refractivity contribution in [2.75, 3.05) is 38.1 Å². The van der Waals surface area contributed by atoms with Gasteiger partial charge in [-0.05, 0) is 23.8 Å². The quantitative estimate of drug-likeness (QED) is 0.552. The lowest BCUT2D eigenvalue weighted by molar-refractivity contribution is -0.137. The molecule has 4 rings (SSSR count). The summed E-state index contributed by atoms with van der Waals surface area (Å²) in [4.78, 5) is 22.6. The lowest BCUT2D eigenvalue weighted by atomic mass is 10.1. The number of piperazine rings is 1. The van der Waals surface area contributed by atoms with E-state index in [0.717, 1.165) is 11.6 Å². The van der Waals surface area contributed by atoms with E-state index in [0.29, 0.717) is 50.8 Å². The third-order valence-corrected chi connectivity index (χ3v) is 5.65. The Balaban J connectivity index is 1.30. The number of rotatable bonds is 6. The van der Waals surface area contributed by atoms with Gasteiger partial charge in [0, 0.05) is 45.5 Å². The summed E-state index contributed by atoms with van der Waals surface area (Å²) in [6.07, 6.45) is -2.98. The third kappa shape index (κ3) is 5.73. The highest BCUT2D eigenvalue weighted by molar-refractivity contribution is 5.91. The maximum Gasteiger partial charge on any atom is 0.416 e. The van der Waals surface area contributed by atoms with E-state index in [4.69, 9.17) is 4.42 Å². The molecular weight excluding hydrogens is 433 g/mol. The first kappa shape index (κ1) is 22.8. The zero-order chi connectivity index (χ0) is 23.4. The van der Waals surface area contributed by atoms with E-state index in [1.807, 2.05) is 35.2 Å². The predicted molar refractivity (Wildman–Crippen MR) is 118 cm³/mol. The van der Waals surface area contributed by atoms with E-state index in [2.05, 4.69) is 9.88 Å². The second-order valence-corrected chi connectivity index (χ2v) is 8.08. The SMILES string of the molecule is CN(Cc1ccccc1)C(=O)c1coc(CN2CCN(c3cccc(C(F)(F)F)c3)CC2)n1. The minimum atomic E-state index is -4.35. The van der Waals surface area contributed by atoms with Gasteiger partial charge in [-0.2, -0.15) is 13.2 Å². The molecule has 9 heteroatoms. The summed E-state index contributed by atoms with van der Waals surface area (Å²) in [5, 5.41) is 0. The van der Waals surface area contributed by atoms with Crippen molar-refractivity contribution in [3.05, 3.63) is 83.6 Å². The summed E-state index contributed by atoms with van der Waals surface area (Å²) < 4.78 is 44.5. The van der Waals surface area contributed by atoms with Crippen molar-refractivity contribution in [3.63, 3.8) is 0 Å². The number of carbonyl (C=O) groups is 1. The number of aromatic nitrogens is 1. The fourth-order valence-electron chi connectivity index (χ4n) is 3.84. The van der Waals surface area contributed by atoms with Gasteiger partial charge in [0.25, 0.3) is 5.91 Å². The molecule has 0 bridgehead atoms. The average molecular weight is 458 g/mol. The zero-order valence-electron chi connectivity index (χ0n) is 18.3. The smallest absolute Gasteiger partial charge is 0.416 e. The molecule has 1 aliphatic heterocycles. The van der Waals surface area contributed by atoms with E-state index in [1.54, 1.807) is 18.0 Å². The number of carbonyl (C=O) groups excluding carboxylic acids is 1. The van der Waals surface area contributed by atoms with Crippen LogP contribution in [0, 0.1) is 0 Å². The molecule has 1 aliphatic rings. The molecular formula is C24H25F3N4O2. The van der Waals surface area contributed by atoms with Crippen LogP contribution < -0.4 is 4.90 Å². The molecule has 33 heavy (non-hydrogen) atoms. The summed E-state index contributed by atoms with van der Waals surface area (Å²) in [6, 6.07) is 15.1. The topological polar surface area (TPSA) is 52.8 Å². The second-order valence-electron chi connectivity index (χ2n) is 8.08. The van der Waals surface area contributed by atoms with Crippen LogP contribution in [0.5, 0.6) is 0 Å². The van der Waals surface area contributed by atoms with Crippen molar-refractivity contribution in [2.24, 2.45) is 0 Å². The number of benzene rings is 2. The van der Waals surface area contributed by atoms with Gasteiger partial charge in [-0.25, -0.2) is 4.98 Å². The van der Waals surface area contributed by atoms with Gasteiger partial charge in [0.05, 0.1) is 12.1 Å². The molecule has 3 aromatic rings. The zero-order valence-corrected chi connectivity index (χ0v) is 18.3. The summed E-state index contributed by atoms with van der Waals surface area (Å²) in [5.74, 6) is 0.224. The maximum absolute atomic E-state index is 13.0. The molecule has 0 N–H and O–H groups in total. The molecule has 0 atom stereocenters. The lowest BCUT2D eigenvalue weighted by Gasteiger charge is -2.35. The first-order valence-corrected chi connectivity index (χ1v) is 10.7. The fourth-order valence-corrected chi connectivity index (χ4v) is 3.84. The van der Waals surface area contributed by atoms with Crippen molar-refractivity contribution >= 4 is 11.6 Å². The van der Waals surface area contributed by atoms with Crippen LogP contribution >= 0.6 is 0 Å². The molecule has 1 saturated heterocycles. The van der Waals surface area contributed by atoms with Crippen LogP contribution in [-0.4, -0.2) is 53.9 Å². The Morgan fingerprint density at radius 2 is 1.79 bits per heavy atom. The predicted octanol–water partition coefficient (Wildman–Crippen LogP) is 4.29. The first-order valence-electron chi connectivity index (χ1n) is 10.7. The van der Waals surface area contributed by atoms with Crippen molar-refractivity contribution in [3.8, 4) is 0 Å². The Hall–Kier alpha value is -3.33. The van der Waals surface area contributed by atoms with E-state index in [9.17, 15) is 18.0 Å². The van der Waals surface area contributed by atoms with Crippen LogP contribution in [0.25, 0.3) is 0 Å². The van der Waals surface area contributed by atoms with Gasteiger partial charge in [-0.15, -0.1) is 0 Å². The molecule has 6 nitrogen and oxygen atoms in total. The molecule has 2 aromatic carbocycles. The number of anilines is 1. The Kier molecular flexibility index (Phi) is 6.69. The summed E-state index contributed by atoms with van der Waals surface area (Å²) in [6.45, 7) is 3.39. The number of hydrogen-bond acceptors (Lipinski definition) is 5. The molecule has 2 heterocycles.